The highest BCUT2D eigenvalue weighted by Gasteiger charge is 2.46. The highest BCUT2D eigenvalue weighted by molar-refractivity contribution is 7.80. The fourth-order valence-corrected chi connectivity index (χ4v) is 10.0. The van der Waals surface area contributed by atoms with Crippen molar-refractivity contribution in [3.05, 3.63) is 75.1 Å². The van der Waals surface area contributed by atoms with E-state index in [4.69, 9.17) is 46.6 Å². The highest BCUT2D eigenvalue weighted by Crippen LogP contribution is 2.43. The lowest BCUT2D eigenvalue weighted by Gasteiger charge is -2.36. The van der Waals surface area contributed by atoms with E-state index >= 15 is 0 Å². The summed E-state index contributed by atoms with van der Waals surface area (Å²) in [5.41, 5.74) is 8.05. The number of anilines is 1. The first kappa shape index (κ1) is 49.1. The van der Waals surface area contributed by atoms with E-state index in [9.17, 15) is 34.5 Å². The zero-order valence-electron chi connectivity index (χ0n) is 39.4. The number of aromatic nitrogens is 2. The second-order valence-electron chi connectivity index (χ2n) is 18.5. The van der Waals surface area contributed by atoms with Gasteiger partial charge in [-0.15, -0.1) is 0 Å². The Hall–Kier alpha value is -5.94. The number of nitrogens with one attached hydrogen (secondary N) is 3. The van der Waals surface area contributed by atoms with Crippen molar-refractivity contribution >= 4 is 51.7 Å². The van der Waals surface area contributed by atoms with Crippen LogP contribution in [0.25, 0.3) is 22.3 Å². The number of amides is 2. The Labute approximate surface area is 409 Å². The van der Waals surface area contributed by atoms with E-state index < -0.39 is 48.3 Å². The Morgan fingerprint density at radius 3 is 2.43 bits per heavy atom. The third-order valence-corrected chi connectivity index (χ3v) is 14.1. The predicted octanol–water partition coefficient (Wildman–Crippen LogP) is 1.72. The number of hydrogen-bond donors (Lipinski definition) is 7. The number of aliphatic hydroxyl groups excluding tert-OH is 2. The molecule has 4 aromatic rings. The molecule has 0 bridgehead atoms. The molecule has 374 valence electrons. The van der Waals surface area contributed by atoms with Gasteiger partial charge in [-0.05, 0) is 100 Å². The summed E-state index contributed by atoms with van der Waals surface area (Å²) in [6.45, 7) is 8.60. The van der Waals surface area contributed by atoms with Crippen molar-refractivity contribution in [2.75, 3.05) is 51.3 Å². The average Bonchev–Trinajstić information content (AvgIpc) is 3.72. The maximum atomic E-state index is 14.1. The molecular formula is C49H60N8O12S. The first-order valence-corrected chi connectivity index (χ1v) is 24.4. The molecule has 2 aromatic carbocycles. The molecule has 0 radical (unpaired) electrons. The van der Waals surface area contributed by atoms with Gasteiger partial charge in [-0.1, -0.05) is 6.92 Å². The van der Waals surface area contributed by atoms with Gasteiger partial charge in [-0.2, -0.15) is 0 Å². The van der Waals surface area contributed by atoms with Gasteiger partial charge in [-0.3, -0.25) is 19.3 Å². The number of benzene rings is 2. The van der Waals surface area contributed by atoms with Crippen molar-refractivity contribution in [2.45, 2.75) is 115 Å². The van der Waals surface area contributed by atoms with Gasteiger partial charge in [0.2, 0.25) is 18.1 Å². The van der Waals surface area contributed by atoms with Gasteiger partial charge in [0.05, 0.1) is 41.2 Å². The molecule has 2 amide bonds. The second-order valence-corrected chi connectivity index (χ2v) is 18.9. The predicted molar refractivity (Wildman–Crippen MR) is 259 cm³/mol. The zero-order chi connectivity index (χ0) is 49.4. The molecule has 7 atom stereocenters. The normalized spacial score (nSPS) is 23.6. The quantitative estimate of drug-likeness (QED) is 0.0475. The van der Waals surface area contributed by atoms with Gasteiger partial charge >= 0.3 is 5.97 Å². The van der Waals surface area contributed by atoms with E-state index in [1.807, 2.05) is 12.1 Å². The lowest BCUT2D eigenvalue weighted by molar-refractivity contribution is -0.228. The molecule has 8 N–H and O–H groups in total. The number of unbranched alkanes of at least 4 members (excludes halogenated alkanes) is 1. The number of carbonyl (C=O) groups is 3. The number of nitrogens with two attached hydrogens (primary N) is 1. The lowest BCUT2D eigenvalue weighted by atomic mass is 9.86. The lowest BCUT2D eigenvalue weighted by Crippen LogP contribution is -2.56. The largest absolute Gasteiger partial charge is 0.486 e. The van der Waals surface area contributed by atoms with Gasteiger partial charge in [0, 0.05) is 67.4 Å². The second kappa shape index (κ2) is 20.4. The van der Waals surface area contributed by atoms with Crippen molar-refractivity contribution in [1.29, 1.82) is 0 Å². The minimum absolute atomic E-state index is 0.0295. The van der Waals surface area contributed by atoms with E-state index in [1.54, 1.807) is 60.6 Å². The minimum Gasteiger partial charge on any atom is -0.486 e. The molecule has 9 rings (SSSR count). The summed E-state index contributed by atoms with van der Waals surface area (Å²) >= 11 is 5.61. The average molecular weight is 985 g/mol. The monoisotopic (exact) mass is 984 g/mol. The number of pyridine rings is 2. The molecule has 2 saturated heterocycles. The van der Waals surface area contributed by atoms with Crippen molar-refractivity contribution in [2.24, 2.45) is 5.73 Å². The Morgan fingerprint density at radius 2 is 1.71 bits per heavy atom. The van der Waals surface area contributed by atoms with Crippen LogP contribution in [0.15, 0.2) is 47.3 Å². The van der Waals surface area contributed by atoms with Crippen molar-refractivity contribution in [1.82, 2.24) is 30.0 Å². The SMILES string of the molecule is CCC1(O)C(=O)OCc2c1cc1n(c2=O)Cc2c-1nc1cc3c(cc1c2CN1CCN(C(=O)[C@H](C)NC(=O)[C@H](CCCCN)NC(=S)Nc2ccc(O[C@H]4O[C@@H](C)[C@@H](O)CC4O)cc2)CC1)OCCO3. The molecule has 21 heteroatoms. The van der Waals surface area contributed by atoms with E-state index in [1.165, 1.54) is 0 Å². The van der Waals surface area contributed by atoms with E-state index in [0.29, 0.717) is 112 Å². The van der Waals surface area contributed by atoms with Crippen LogP contribution < -0.4 is 41.5 Å². The summed E-state index contributed by atoms with van der Waals surface area (Å²) in [4.78, 5) is 63.7. The zero-order valence-corrected chi connectivity index (χ0v) is 40.2. The molecule has 70 heavy (non-hydrogen) atoms. The summed E-state index contributed by atoms with van der Waals surface area (Å²) in [7, 11) is 0. The van der Waals surface area contributed by atoms with Crippen LogP contribution in [0.4, 0.5) is 5.69 Å². The molecule has 0 spiro atoms. The van der Waals surface area contributed by atoms with E-state index in [-0.39, 0.29) is 59.6 Å². The number of ether oxygens (including phenoxy) is 5. The summed E-state index contributed by atoms with van der Waals surface area (Å²) in [6.07, 6.45) is -1.25. The molecule has 7 heterocycles. The summed E-state index contributed by atoms with van der Waals surface area (Å²) in [6, 6.07) is 10.7. The fourth-order valence-electron chi connectivity index (χ4n) is 9.77. The van der Waals surface area contributed by atoms with Crippen LogP contribution in [0.5, 0.6) is 17.2 Å². The van der Waals surface area contributed by atoms with Crippen molar-refractivity contribution in [3.63, 3.8) is 0 Å². The number of fused-ring (bicyclic) bond motifs is 6. The van der Waals surface area contributed by atoms with Gasteiger partial charge < -0.3 is 70.2 Å². The number of hydrogen-bond acceptors (Lipinski definition) is 16. The molecule has 0 saturated carbocycles. The number of piperazine rings is 1. The molecule has 0 aliphatic carbocycles. The fraction of sp³-hybridized carbons (Fsp3) is 0.510. The first-order chi connectivity index (χ1) is 33.6. The van der Waals surface area contributed by atoms with Gasteiger partial charge in [0.25, 0.3) is 5.56 Å². The standard InChI is InChI=1S/C49H60N8O12S/c1-4-49(64)34-20-37-42-32(24-57(37)45(62)33(34)25-67-47(49)63)31(30-19-40-41(21-36(30)53-42)66-18-17-65-40)23-55-13-15-56(16-14-55)44(61)26(2)51-43(60)35(7-5-6-12-50)54-48(70)52-28-8-10-29(11-9-28)69-46-39(59)22-38(58)27(3)68-46/h8-11,19-21,26-27,35,38-39,46,58-59,64H,4-7,12-18,22-25,50H2,1-3H3,(H,51,60)(H2,52,54,70)/t26-,27-,35-,38-,39?,46+,49?/m0/s1. The Balaban J connectivity index is 0.849. The van der Waals surface area contributed by atoms with Gasteiger partial charge in [-0.25, -0.2) is 9.78 Å². The Bertz CT molecular complexity index is 2730. The molecule has 2 fully saturated rings. The third kappa shape index (κ3) is 9.75. The summed E-state index contributed by atoms with van der Waals surface area (Å²) in [5, 5.41) is 41.9. The highest BCUT2D eigenvalue weighted by atomic mass is 32.1. The number of thiocarbonyl (C=S) groups is 1. The number of rotatable bonds is 14. The number of esters is 1. The third-order valence-electron chi connectivity index (χ3n) is 13.9. The molecule has 20 nitrogen and oxygen atoms in total. The number of aliphatic hydroxyl groups is 3. The van der Waals surface area contributed by atoms with Crippen LogP contribution in [-0.4, -0.2) is 140 Å². The van der Waals surface area contributed by atoms with Crippen LogP contribution >= 0.6 is 12.2 Å². The maximum absolute atomic E-state index is 14.1. The molecule has 5 aliphatic rings. The number of nitrogens with zero attached hydrogens (tertiary/aromatic N) is 4. The Morgan fingerprint density at radius 1 is 0.986 bits per heavy atom. The van der Waals surface area contributed by atoms with Crippen LogP contribution in [-0.2, 0) is 49.2 Å². The smallest absolute Gasteiger partial charge is 0.343 e. The van der Waals surface area contributed by atoms with Crippen molar-refractivity contribution in [3.8, 4) is 28.6 Å². The summed E-state index contributed by atoms with van der Waals surface area (Å²) < 4.78 is 30.3. The number of cyclic esters (lactones) is 1. The first-order valence-electron chi connectivity index (χ1n) is 23.9. The van der Waals surface area contributed by atoms with Gasteiger partial charge in [0.15, 0.2) is 22.2 Å². The molecular weight excluding hydrogens is 925 g/mol. The van der Waals surface area contributed by atoms with Crippen LogP contribution in [0.2, 0.25) is 0 Å². The van der Waals surface area contributed by atoms with Crippen molar-refractivity contribution < 1.29 is 53.4 Å². The van der Waals surface area contributed by atoms with Crippen LogP contribution in [0.1, 0.15) is 75.1 Å². The van der Waals surface area contributed by atoms with E-state index in [2.05, 4.69) is 20.9 Å². The topological polar surface area (TPSA) is 262 Å². The van der Waals surface area contributed by atoms with E-state index in [0.717, 1.165) is 16.5 Å². The summed E-state index contributed by atoms with van der Waals surface area (Å²) in [5.74, 6) is 0.205. The van der Waals surface area contributed by atoms with Gasteiger partial charge in [0.1, 0.15) is 43.8 Å². The van der Waals surface area contributed by atoms with Crippen LogP contribution in [0.3, 0.4) is 0 Å². The Kier molecular flexibility index (Phi) is 14.3. The molecule has 5 aliphatic heterocycles. The minimum atomic E-state index is -1.96. The number of carbonyl (C=O) groups excluding carboxylic acids is 3. The molecule has 2 aromatic heterocycles. The molecule has 2 unspecified atom stereocenters. The van der Waals surface area contributed by atoms with Crippen LogP contribution in [0, 0.1) is 0 Å². The maximum Gasteiger partial charge on any atom is 0.343 e.